The molecule has 2 aromatic carbocycles. The van der Waals surface area contributed by atoms with Gasteiger partial charge in [-0.3, -0.25) is 0 Å². The zero-order valence-corrected chi connectivity index (χ0v) is 18.7. The van der Waals surface area contributed by atoms with E-state index in [1.165, 1.54) is 51.7 Å². The molecule has 1 aliphatic rings. The fourth-order valence-corrected chi connectivity index (χ4v) is 4.35. The molecule has 0 bridgehead atoms. The molecule has 1 aliphatic heterocycles. The van der Waals surface area contributed by atoms with E-state index in [-0.39, 0.29) is 24.0 Å². The normalized spacial score (nSPS) is 14.6. The molecule has 0 amide bonds. The number of hydrogen-bond donors (Lipinski definition) is 0. The zero-order valence-electron chi connectivity index (χ0n) is 15.7. The summed E-state index contributed by atoms with van der Waals surface area (Å²) in [4.78, 5) is 2.76. The van der Waals surface area contributed by atoms with Crippen molar-refractivity contribution in [2.75, 3.05) is 26.7 Å². The second-order valence-electron chi connectivity index (χ2n) is 6.98. The van der Waals surface area contributed by atoms with Crippen LogP contribution in [0, 0.1) is 6.92 Å². The van der Waals surface area contributed by atoms with Gasteiger partial charge >= 0.3 is 0 Å². The lowest BCUT2D eigenvalue weighted by molar-refractivity contribution is -0.905. The second-order valence-corrected chi connectivity index (χ2v) is 8.06. The van der Waals surface area contributed by atoms with E-state index in [9.17, 15) is 0 Å². The minimum absolute atomic E-state index is 0. The number of nitrogens with zero attached hydrogens (tertiary/aromatic N) is 1. The third-order valence-corrected chi connectivity index (χ3v) is 6.52. The SMILES string of the molecule is CC[N+](C)(CC)CCC=C1c2ccccc2Sc2ccc(C)cc21.[I-]. The molecule has 0 N–H and O–H groups in total. The minimum Gasteiger partial charge on any atom is -1.00 e. The fourth-order valence-electron chi connectivity index (χ4n) is 3.27. The van der Waals surface area contributed by atoms with Crippen LogP contribution in [-0.2, 0) is 0 Å². The summed E-state index contributed by atoms with van der Waals surface area (Å²) in [5.41, 5.74) is 5.55. The quantitative estimate of drug-likeness (QED) is 0.413. The Balaban J connectivity index is 0.00000225. The Morgan fingerprint density at radius 2 is 1.64 bits per heavy atom. The fraction of sp³-hybridized carbons (Fsp3) is 0.364. The molecule has 1 nitrogen and oxygen atoms in total. The molecule has 0 atom stereocenters. The Morgan fingerprint density at radius 3 is 2.36 bits per heavy atom. The van der Waals surface area contributed by atoms with E-state index < -0.39 is 0 Å². The van der Waals surface area contributed by atoms with Crippen LogP contribution in [-0.4, -0.2) is 31.2 Å². The van der Waals surface area contributed by atoms with Crippen LogP contribution in [0.2, 0.25) is 0 Å². The molecule has 3 rings (SSSR count). The van der Waals surface area contributed by atoms with Crippen LogP contribution in [0.5, 0.6) is 0 Å². The number of hydrogen-bond acceptors (Lipinski definition) is 1. The van der Waals surface area contributed by atoms with Crippen LogP contribution in [0.3, 0.4) is 0 Å². The monoisotopic (exact) mass is 465 g/mol. The van der Waals surface area contributed by atoms with Crippen molar-refractivity contribution >= 4 is 17.3 Å². The summed E-state index contributed by atoms with van der Waals surface area (Å²) in [6, 6.07) is 15.7. The average molecular weight is 465 g/mol. The molecule has 0 fully saturated rings. The van der Waals surface area contributed by atoms with E-state index in [2.05, 4.69) is 76.4 Å². The molecule has 134 valence electrons. The van der Waals surface area contributed by atoms with Crippen LogP contribution in [0.25, 0.3) is 5.57 Å². The highest BCUT2D eigenvalue weighted by atomic mass is 127. The van der Waals surface area contributed by atoms with Crippen LogP contribution < -0.4 is 24.0 Å². The summed E-state index contributed by atoms with van der Waals surface area (Å²) in [6.07, 6.45) is 3.60. The van der Waals surface area contributed by atoms with Gasteiger partial charge in [0.2, 0.25) is 0 Å². The Labute approximate surface area is 174 Å². The first kappa shape index (κ1) is 20.5. The van der Waals surface area contributed by atoms with E-state index in [0.29, 0.717) is 0 Å². The maximum absolute atomic E-state index is 2.47. The summed E-state index contributed by atoms with van der Waals surface area (Å²) < 4.78 is 1.14. The number of halogens is 1. The van der Waals surface area contributed by atoms with Crippen molar-refractivity contribution in [2.45, 2.75) is 37.0 Å². The van der Waals surface area contributed by atoms with E-state index >= 15 is 0 Å². The Bertz CT molecular complexity index is 762. The second kappa shape index (κ2) is 8.74. The van der Waals surface area contributed by atoms with Crippen LogP contribution >= 0.6 is 11.8 Å². The maximum Gasteiger partial charge on any atom is 0.0819 e. The van der Waals surface area contributed by atoms with Gasteiger partial charge in [-0.1, -0.05) is 53.7 Å². The predicted octanol–water partition coefficient (Wildman–Crippen LogP) is 2.77. The largest absolute Gasteiger partial charge is 1.00 e. The van der Waals surface area contributed by atoms with E-state index in [1.807, 2.05) is 11.8 Å². The molecule has 0 radical (unpaired) electrons. The Morgan fingerprint density at radius 1 is 0.960 bits per heavy atom. The van der Waals surface area contributed by atoms with Crippen LogP contribution in [0.1, 0.15) is 37.0 Å². The molecule has 3 heteroatoms. The molecule has 2 aromatic rings. The Kier molecular flexibility index (Phi) is 7.18. The summed E-state index contributed by atoms with van der Waals surface area (Å²) >= 11 is 1.90. The summed E-state index contributed by atoms with van der Waals surface area (Å²) in [5.74, 6) is 0. The third kappa shape index (κ3) is 4.50. The topological polar surface area (TPSA) is 0 Å². The first-order chi connectivity index (χ1) is 11.6. The number of aryl methyl sites for hydroxylation is 1. The number of quaternary nitrogens is 1. The number of rotatable bonds is 5. The highest BCUT2D eigenvalue weighted by Gasteiger charge is 2.21. The van der Waals surface area contributed by atoms with Gasteiger partial charge < -0.3 is 28.5 Å². The molecular formula is C22H28INS. The van der Waals surface area contributed by atoms with Crippen molar-refractivity contribution in [3.8, 4) is 0 Å². The van der Waals surface area contributed by atoms with Gasteiger partial charge in [0.1, 0.15) is 0 Å². The van der Waals surface area contributed by atoms with Gasteiger partial charge in [0.25, 0.3) is 0 Å². The van der Waals surface area contributed by atoms with Crippen molar-refractivity contribution in [1.29, 1.82) is 0 Å². The van der Waals surface area contributed by atoms with Gasteiger partial charge in [0, 0.05) is 16.2 Å². The molecule has 0 unspecified atom stereocenters. The third-order valence-electron chi connectivity index (χ3n) is 5.37. The van der Waals surface area contributed by atoms with E-state index in [0.717, 1.165) is 10.9 Å². The summed E-state index contributed by atoms with van der Waals surface area (Å²) in [6.45, 7) is 10.4. The summed E-state index contributed by atoms with van der Waals surface area (Å²) in [5, 5.41) is 0. The molecule has 0 aromatic heterocycles. The van der Waals surface area contributed by atoms with E-state index in [1.54, 1.807) is 0 Å². The average Bonchev–Trinajstić information content (AvgIpc) is 2.61. The van der Waals surface area contributed by atoms with Crippen LogP contribution in [0.15, 0.2) is 58.3 Å². The lowest BCUT2D eigenvalue weighted by Crippen LogP contribution is -3.00. The van der Waals surface area contributed by atoms with Crippen LogP contribution in [0.4, 0.5) is 0 Å². The van der Waals surface area contributed by atoms with Gasteiger partial charge in [-0.2, -0.15) is 0 Å². The molecule has 0 spiro atoms. The molecule has 0 saturated carbocycles. The van der Waals surface area contributed by atoms with Gasteiger partial charge in [-0.05, 0) is 49.6 Å². The predicted molar refractivity (Wildman–Crippen MR) is 106 cm³/mol. The lowest BCUT2D eigenvalue weighted by Gasteiger charge is -2.32. The highest BCUT2D eigenvalue weighted by molar-refractivity contribution is 7.99. The first-order valence-corrected chi connectivity index (χ1v) is 9.80. The van der Waals surface area contributed by atoms with Gasteiger partial charge in [-0.25, -0.2) is 0 Å². The number of benzene rings is 2. The standard InChI is InChI=1S/C22H28NS.HI/c1-5-23(4,6-2)15-9-11-18-19-10-7-8-12-21(19)24-22-14-13-17(3)16-20(18)22;/h7-8,10-14,16H,5-6,9,15H2,1-4H3;1H/q+1;/p-1. The lowest BCUT2D eigenvalue weighted by atomic mass is 9.95. The van der Waals surface area contributed by atoms with Gasteiger partial charge in [0.15, 0.2) is 0 Å². The van der Waals surface area contributed by atoms with Crippen molar-refractivity contribution in [3.05, 3.63) is 65.2 Å². The highest BCUT2D eigenvalue weighted by Crippen LogP contribution is 2.45. The Hall–Kier alpha value is -0.780. The first-order valence-electron chi connectivity index (χ1n) is 8.98. The number of fused-ring (bicyclic) bond motifs is 2. The minimum atomic E-state index is 0. The molecule has 0 aliphatic carbocycles. The zero-order chi connectivity index (χ0) is 17.2. The molecule has 1 heterocycles. The smallest absolute Gasteiger partial charge is 0.0819 e. The van der Waals surface area contributed by atoms with Crippen molar-refractivity contribution < 1.29 is 28.5 Å². The van der Waals surface area contributed by atoms with Gasteiger partial charge in [0.05, 0.1) is 26.7 Å². The van der Waals surface area contributed by atoms with Gasteiger partial charge in [-0.15, -0.1) is 0 Å². The van der Waals surface area contributed by atoms with E-state index in [4.69, 9.17) is 0 Å². The van der Waals surface area contributed by atoms with Crippen molar-refractivity contribution in [1.82, 2.24) is 0 Å². The summed E-state index contributed by atoms with van der Waals surface area (Å²) in [7, 11) is 2.36. The molecule has 0 saturated heterocycles. The maximum atomic E-state index is 2.47. The van der Waals surface area contributed by atoms with Crippen molar-refractivity contribution in [3.63, 3.8) is 0 Å². The molecular weight excluding hydrogens is 437 g/mol. The van der Waals surface area contributed by atoms with Crippen molar-refractivity contribution in [2.24, 2.45) is 0 Å². The molecule has 25 heavy (non-hydrogen) atoms.